The van der Waals surface area contributed by atoms with Gasteiger partial charge in [0.1, 0.15) is 0 Å². The highest BCUT2D eigenvalue weighted by Gasteiger charge is 2.18. The molecule has 6 heteroatoms. The second-order valence-electron chi connectivity index (χ2n) is 7.99. The Morgan fingerprint density at radius 2 is 1.78 bits per heavy atom. The van der Waals surface area contributed by atoms with Gasteiger partial charge in [0.15, 0.2) is 0 Å². The summed E-state index contributed by atoms with van der Waals surface area (Å²) in [6.07, 6.45) is 2.49. The van der Waals surface area contributed by atoms with Crippen LogP contribution in [0.4, 0.5) is 0 Å². The van der Waals surface area contributed by atoms with Gasteiger partial charge in [0, 0.05) is 13.1 Å². The van der Waals surface area contributed by atoms with Crippen LogP contribution in [0.15, 0.2) is 24.3 Å². The second kappa shape index (κ2) is 10.4. The third kappa shape index (κ3) is 6.96. The number of likely N-dealkylation sites (tertiary alicyclic amines) is 1. The molecule has 1 fully saturated rings. The molecule has 150 valence electrons. The first-order valence-corrected chi connectivity index (χ1v) is 9.96. The molecule has 1 saturated heterocycles. The molecule has 4 N–H and O–H groups in total. The molecule has 1 aromatic rings. The van der Waals surface area contributed by atoms with Crippen LogP contribution >= 0.6 is 0 Å². The molecule has 0 unspecified atom stereocenters. The fraction of sp³-hybridized carbons (Fsp3) is 0.619. The first-order valence-electron chi connectivity index (χ1n) is 9.96. The van der Waals surface area contributed by atoms with Crippen molar-refractivity contribution < 1.29 is 9.59 Å². The summed E-state index contributed by atoms with van der Waals surface area (Å²) in [6.45, 7) is 9.66. The van der Waals surface area contributed by atoms with Gasteiger partial charge in [-0.25, -0.2) is 0 Å². The van der Waals surface area contributed by atoms with E-state index in [2.05, 4.69) is 34.6 Å². The minimum Gasteiger partial charge on any atom is -0.350 e. The van der Waals surface area contributed by atoms with E-state index in [0.29, 0.717) is 6.54 Å². The van der Waals surface area contributed by atoms with Crippen LogP contribution in [-0.4, -0.2) is 42.4 Å². The average molecular weight is 375 g/mol. The second-order valence-corrected chi connectivity index (χ2v) is 7.99. The lowest BCUT2D eigenvalue weighted by molar-refractivity contribution is -0.127. The highest BCUT2D eigenvalue weighted by molar-refractivity contribution is 5.87. The molecule has 0 aliphatic carbocycles. The predicted octanol–water partition coefficient (Wildman–Crippen LogP) is 1.63. The quantitative estimate of drug-likeness (QED) is 0.645. The number of rotatable bonds is 8. The van der Waals surface area contributed by atoms with Crippen LogP contribution in [-0.2, 0) is 22.7 Å². The van der Waals surface area contributed by atoms with Gasteiger partial charge in [0.05, 0.1) is 12.6 Å². The SMILES string of the molecule is CC1CCN(Cc2ccccc2CNC(=O)CNC(=O)[C@@H](N)C(C)C)CC1. The minimum absolute atomic E-state index is 0.0395. The molecule has 0 bridgehead atoms. The third-order valence-corrected chi connectivity index (χ3v) is 5.31. The molecule has 27 heavy (non-hydrogen) atoms. The summed E-state index contributed by atoms with van der Waals surface area (Å²) in [7, 11) is 0. The summed E-state index contributed by atoms with van der Waals surface area (Å²) in [4.78, 5) is 26.4. The Hall–Kier alpha value is -1.92. The van der Waals surface area contributed by atoms with Gasteiger partial charge in [-0.15, -0.1) is 0 Å². The van der Waals surface area contributed by atoms with Crippen LogP contribution < -0.4 is 16.4 Å². The van der Waals surface area contributed by atoms with Gasteiger partial charge in [-0.3, -0.25) is 14.5 Å². The summed E-state index contributed by atoms with van der Waals surface area (Å²) in [5.41, 5.74) is 8.15. The van der Waals surface area contributed by atoms with Gasteiger partial charge >= 0.3 is 0 Å². The maximum atomic E-state index is 12.1. The normalized spacial score (nSPS) is 16.9. The summed E-state index contributed by atoms with van der Waals surface area (Å²) in [5, 5.41) is 5.49. The molecule has 1 aromatic carbocycles. The number of carbonyl (C=O) groups is 2. The zero-order chi connectivity index (χ0) is 19.8. The summed E-state index contributed by atoms with van der Waals surface area (Å²) in [5.74, 6) is 0.355. The number of nitrogens with zero attached hydrogens (tertiary/aromatic N) is 1. The van der Waals surface area contributed by atoms with E-state index in [1.807, 2.05) is 26.0 Å². The molecule has 0 aromatic heterocycles. The van der Waals surface area contributed by atoms with Gasteiger partial charge < -0.3 is 16.4 Å². The fourth-order valence-electron chi connectivity index (χ4n) is 3.19. The molecule has 0 saturated carbocycles. The molecule has 2 amide bonds. The molecular weight excluding hydrogens is 340 g/mol. The van der Waals surface area contributed by atoms with Crippen molar-refractivity contribution in [3.63, 3.8) is 0 Å². The monoisotopic (exact) mass is 374 g/mol. The van der Waals surface area contributed by atoms with E-state index in [1.54, 1.807) is 0 Å². The Labute approximate surface area is 162 Å². The standard InChI is InChI=1S/C21H34N4O2/c1-15(2)20(22)21(27)24-13-19(26)23-12-17-6-4-5-7-18(17)14-25-10-8-16(3)9-11-25/h4-7,15-16,20H,8-14,22H2,1-3H3,(H,23,26)(H,24,27)/t20-/m0/s1. The van der Waals surface area contributed by atoms with Crippen molar-refractivity contribution >= 4 is 11.8 Å². The van der Waals surface area contributed by atoms with E-state index in [1.165, 1.54) is 18.4 Å². The van der Waals surface area contributed by atoms with Crippen LogP contribution in [0.5, 0.6) is 0 Å². The molecular formula is C21H34N4O2. The lowest BCUT2D eigenvalue weighted by Gasteiger charge is -2.30. The van der Waals surface area contributed by atoms with Gasteiger partial charge in [-0.05, 0) is 48.9 Å². The van der Waals surface area contributed by atoms with Crippen molar-refractivity contribution in [2.24, 2.45) is 17.6 Å². The predicted molar refractivity (Wildman–Crippen MR) is 108 cm³/mol. The average Bonchev–Trinajstić information content (AvgIpc) is 2.66. The van der Waals surface area contributed by atoms with E-state index in [0.717, 1.165) is 31.1 Å². The number of hydrogen-bond acceptors (Lipinski definition) is 4. The van der Waals surface area contributed by atoms with Crippen LogP contribution in [0.3, 0.4) is 0 Å². The summed E-state index contributed by atoms with van der Waals surface area (Å²) >= 11 is 0. The van der Waals surface area contributed by atoms with Crippen molar-refractivity contribution in [3.05, 3.63) is 35.4 Å². The van der Waals surface area contributed by atoms with Gasteiger partial charge in [0.25, 0.3) is 0 Å². The highest BCUT2D eigenvalue weighted by Crippen LogP contribution is 2.19. The number of nitrogens with one attached hydrogen (secondary N) is 2. The van der Waals surface area contributed by atoms with E-state index >= 15 is 0 Å². The molecule has 1 atom stereocenters. The summed E-state index contributed by atoms with van der Waals surface area (Å²) < 4.78 is 0. The Bertz CT molecular complexity index is 624. The molecule has 1 aliphatic heterocycles. The van der Waals surface area contributed by atoms with E-state index in [4.69, 9.17) is 5.73 Å². The Morgan fingerprint density at radius 1 is 1.15 bits per heavy atom. The molecule has 0 radical (unpaired) electrons. The van der Waals surface area contributed by atoms with Crippen molar-refractivity contribution in [1.29, 1.82) is 0 Å². The number of nitrogens with two attached hydrogens (primary N) is 1. The van der Waals surface area contributed by atoms with Crippen molar-refractivity contribution in [2.75, 3.05) is 19.6 Å². The van der Waals surface area contributed by atoms with Crippen LogP contribution in [0, 0.1) is 11.8 Å². The number of amides is 2. The molecule has 1 heterocycles. The van der Waals surface area contributed by atoms with Crippen molar-refractivity contribution in [3.8, 4) is 0 Å². The minimum atomic E-state index is -0.592. The highest BCUT2D eigenvalue weighted by atomic mass is 16.2. The Kier molecular flexibility index (Phi) is 8.25. The first kappa shape index (κ1) is 21.4. The lowest BCUT2D eigenvalue weighted by Crippen LogP contribution is -2.47. The smallest absolute Gasteiger partial charge is 0.239 e. The van der Waals surface area contributed by atoms with Crippen LogP contribution in [0.25, 0.3) is 0 Å². The fourth-order valence-corrected chi connectivity index (χ4v) is 3.19. The first-order chi connectivity index (χ1) is 12.9. The van der Waals surface area contributed by atoms with Gasteiger partial charge in [-0.2, -0.15) is 0 Å². The number of benzene rings is 1. The van der Waals surface area contributed by atoms with E-state index in [-0.39, 0.29) is 24.3 Å². The maximum absolute atomic E-state index is 12.1. The van der Waals surface area contributed by atoms with E-state index < -0.39 is 6.04 Å². The largest absolute Gasteiger partial charge is 0.350 e. The zero-order valence-electron chi connectivity index (χ0n) is 16.8. The lowest BCUT2D eigenvalue weighted by atomic mass is 9.98. The molecule has 6 nitrogen and oxygen atoms in total. The number of carbonyl (C=O) groups excluding carboxylic acids is 2. The Balaban J connectivity index is 1.81. The molecule has 1 aliphatic rings. The van der Waals surface area contributed by atoms with Gasteiger partial charge in [0.2, 0.25) is 11.8 Å². The maximum Gasteiger partial charge on any atom is 0.239 e. The number of piperidine rings is 1. The zero-order valence-corrected chi connectivity index (χ0v) is 16.8. The molecule has 2 rings (SSSR count). The van der Waals surface area contributed by atoms with Crippen molar-refractivity contribution in [1.82, 2.24) is 15.5 Å². The third-order valence-electron chi connectivity index (χ3n) is 5.31. The summed E-state index contributed by atoms with van der Waals surface area (Å²) in [6, 6.07) is 7.62. The van der Waals surface area contributed by atoms with E-state index in [9.17, 15) is 9.59 Å². The molecule has 0 spiro atoms. The van der Waals surface area contributed by atoms with Crippen LogP contribution in [0.1, 0.15) is 44.7 Å². The topological polar surface area (TPSA) is 87.5 Å². The number of hydrogen-bond donors (Lipinski definition) is 3. The Morgan fingerprint density at radius 3 is 2.41 bits per heavy atom. The van der Waals surface area contributed by atoms with Crippen LogP contribution in [0.2, 0.25) is 0 Å². The van der Waals surface area contributed by atoms with Crippen molar-refractivity contribution in [2.45, 2.75) is 52.7 Å². The van der Waals surface area contributed by atoms with Gasteiger partial charge in [-0.1, -0.05) is 45.0 Å².